The van der Waals surface area contributed by atoms with Crippen molar-refractivity contribution in [3.63, 3.8) is 0 Å². The minimum Gasteiger partial charge on any atom is -0.491 e. The Morgan fingerprint density at radius 1 is 0.692 bits per heavy atom. The molecule has 1 aliphatic carbocycles. The third kappa shape index (κ3) is 6.52. The molecule has 3 aliphatic rings. The first-order valence-electron chi connectivity index (χ1n) is 12.9. The molecule has 2 heterocycles. The van der Waals surface area contributed by atoms with Gasteiger partial charge >= 0.3 is 0 Å². The molecule has 39 heavy (non-hydrogen) atoms. The molecule has 1 saturated carbocycles. The van der Waals surface area contributed by atoms with Crippen LogP contribution in [0.5, 0.6) is 5.75 Å². The lowest BCUT2D eigenvalue weighted by atomic mass is 9.84. The highest BCUT2D eigenvalue weighted by atomic mass is 16.7. The summed E-state index contributed by atoms with van der Waals surface area (Å²) in [5, 5.41) is 62.9. The van der Waals surface area contributed by atoms with Gasteiger partial charge in [-0.3, -0.25) is 0 Å². The molecular formula is C24H40N4O11. The first kappa shape index (κ1) is 30.4. The van der Waals surface area contributed by atoms with Crippen LogP contribution >= 0.6 is 0 Å². The van der Waals surface area contributed by atoms with Gasteiger partial charge in [-0.25, -0.2) is 0 Å². The number of nitrogens with two attached hydrogens (primary N) is 4. The van der Waals surface area contributed by atoms with Crippen LogP contribution in [0.15, 0.2) is 30.3 Å². The van der Waals surface area contributed by atoms with E-state index in [1.807, 2.05) is 6.07 Å². The van der Waals surface area contributed by atoms with Crippen LogP contribution in [0.4, 0.5) is 0 Å². The summed E-state index contributed by atoms with van der Waals surface area (Å²) < 4.78 is 28.6. The molecular weight excluding hydrogens is 520 g/mol. The van der Waals surface area contributed by atoms with Gasteiger partial charge in [-0.05, 0) is 18.6 Å². The molecule has 0 unspecified atom stereocenters. The van der Waals surface area contributed by atoms with Gasteiger partial charge in [-0.15, -0.1) is 0 Å². The van der Waals surface area contributed by atoms with Crippen molar-refractivity contribution in [2.24, 2.45) is 22.9 Å². The maximum absolute atomic E-state index is 11.2. The third-order valence-corrected chi connectivity index (χ3v) is 7.46. The summed E-state index contributed by atoms with van der Waals surface area (Å²) in [4.78, 5) is 0. The average Bonchev–Trinajstić information content (AvgIpc) is 2.92. The first-order valence-corrected chi connectivity index (χ1v) is 12.9. The number of ether oxygens (including phenoxy) is 5. The second kappa shape index (κ2) is 13.0. The lowest BCUT2D eigenvalue weighted by molar-refractivity contribution is -0.331. The lowest BCUT2D eigenvalue weighted by Gasteiger charge is -2.48. The normalized spacial score (nSPS) is 47.1. The van der Waals surface area contributed by atoms with Crippen molar-refractivity contribution in [2.75, 3.05) is 13.2 Å². The lowest BCUT2D eigenvalue weighted by Crippen LogP contribution is -2.68. The van der Waals surface area contributed by atoms with Gasteiger partial charge in [-0.1, -0.05) is 18.2 Å². The van der Waals surface area contributed by atoms with Gasteiger partial charge < -0.3 is 77.3 Å². The zero-order valence-electron chi connectivity index (χ0n) is 21.2. The fraction of sp³-hybridized carbons (Fsp3) is 0.750. The molecule has 0 aromatic heterocycles. The van der Waals surface area contributed by atoms with Gasteiger partial charge in [0.05, 0.1) is 6.04 Å². The van der Waals surface area contributed by atoms with Crippen LogP contribution < -0.4 is 27.7 Å². The van der Waals surface area contributed by atoms with Gasteiger partial charge in [0.1, 0.15) is 73.4 Å². The monoisotopic (exact) mass is 560 g/mol. The average molecular weight is 561 g/mol. The highest BCUT2D eigenvalue weighted by Gasteiger charge is 2.51. The summed E-state index contributed by atoms with van der Waals surface area (Å²) in [5.41, 5.74) is 24.0. The van der Waals surface area contributed by atoms with E-state index >= 15 is 0 Å². The van der Waals surface area contributed by atoms with Crippen LogP contribution in [0, 0.1) is 0 Å². The van der Waals surface area contributed by atoms with E-state index in [9.17, 15) is 30.6 Å². The zero-order chi connectivity index (χ0) is 28.4. The predicted octanol–water partition coefficient (Wildman–Crippen LogP) is -5.20. The molecule has 1 aromatic carbocycles. The fourth-order valence-electron chi connectivity index (χ4n) is 5.08. The molecule has 3 fully saturated rings. The quantitative estimate of drug-likeness (QED) is 0.142. The van der Waals surface area contributed by atoms with Crippen LogP contribution in [0.2, 0.25) is 0 Å². The number of benzene rings is 1. The van der Waals surface area contributed by atoms with Crippen molar-refractivity contribution < 1.29 is 54.3 Å². The van der Waals surface area contributed by atoms with E-state index in [1.165, 1.54) is 0 Å². The minimum absolute atomic E-state index is 0.0960. The largest absolute Gasteiger partial charge is 0.491 e. The Morgan fingerprint density at radius 3 is 1.85 bits per heavy atom. The zero-order valence-corrected chi connectivity index (χ0v) is 21.2. The van der Waals surface area contributed by atoms with E-state index in [4.69, 9.17) is 46.6 Å². The standard InChI is InChI=1S/C24H40N4O11/c25-7-12-16(30)18(32)19(33)24(36-12)39-22-11(27)6-10(26)21(20(22)34)38-23-17(31)14(28)15(29)13(37-23)8-35-9-4-2-1-3-5-9/h1-5,10-24,29-34H,6-8,25-28H2/t10-,11+,12-,13-,14+,15-,16-,17-,18+,19-,20-,21+,22-,23-,24-/m1/s1. The first-order chi connectivity index (χ1) is 18.5. The minimum atomic E-state index is -1.66. The van der Waals surface area contributed by atoms with E-state index < -0.39 is 91.7 Å². The maximum atomic E-state index is 11.2. The Balaban J connectivity index is 1.44. The van der Waals surface area contributed by atoms with E-state index in [2.05, 4.69) is 0 Å². The van der Waals surface area contributed by atoms with E-state index in [-0.39, 0.29) is 19.6 Å². The van der Waals surface area contributed by atoms with Crippen molar-refractivity contribution in [1.29, 1.82) is 0 Å². The van der Waals surface area contributed by atoms with E-state index in [1.54, 1.807) is 24.3 Å². The molecule has 15 heteroatoms. The van der Waals surface area contributed by atoms with Crippen molar-refractivity contribution in [2.45, 2.75) is 98.2 Å². The third-order valence-electron chi connectivity index (χ3n) is 7.46. The molecule has 1 aromatic rings. The van der Waals surface area contributed by atoms with Crippen molar-refractivity contribution in [1.82, 2.24) is 0 Å². The van der Waals surface area contributed by atoms with Gasteiger partial charge in [-0.2, -0.15) is 0 Å². The Hall–Kier alpha value is -1.54. The predicted molar refractivity (Wildman–Crippen MR) is 133 cm³/mol. The van der Waals surface area contributed by atoms with Gasteiger partial charge in [0, 0.05) is 18.6 Å². The van der Waals surface area contributed by atoms with E-state index in [0.29, 0.717) is 5.75 Å². The molecule has 0 bridgehead atoms. The topological polar surface area (TPSA) is 272 Å². The maximum Gasteiger partial charge on any atom is 0.187 e. The number of hydrogen-bond donors (Lipinski definition) is 10. The molecule has 222 valence electrons. The summed E-state index contributed by atoms with van der Waals surface area (Å²) in [7, 11) is 0. The molecule has 0 amide bonds. The molecule has 2 aliphatic heterocycles. The smallest absolute Gasteiger partial charge is 0.187 e. The van der Waals surface area contributed by atoms with E-state index in [0.717, 1.165) is 0 Å². The second-order valence-corrected chi connectivity index (χ2v) is 10.2. The van der Waals surface area contributed by atoms with Crippen LogP contribution in [-0.2, 0) is 18.9 Å². The summed E-state index contributed by atoms with van der Waals surface area (Å²) in [6.45, 7) is -0.270. The van der Waals surface area contributed by atoms with Crippen LogP contribution in [0.25, 0.3) is 0 Å². The van der Waals surface area contributed by atoms with Crippen molar-refractivity contribution in [3.8, 4) is 5.75 Å². The van der Waals surface area contributed by atoms with Gasteiger partial charge in [0.2, 0.25) is 0 Å². The van der Waals surface area contributed by atoms with Crippen LogP contribution in [0.1, 0.15) is 6.42 Å². The van der Waals surface area contributed by atoms with Crippen LogP contribution in [-0.4, -0.2) is 136 Å². The Labute approximate surface area is 225 Å². The molecule has 15 nitrogen and oxygen atoms in total. The molecule has 4 rings (SSSR count). The molecule has 0 radical (unpaired) electrons. The fourth-order valence-corrected chi connectivity index (χ4v) is 5.08. The molecule has 15 atom stereocenters. The highest BCUT2D eigenvalue weighted by Crippen LogP contribution is 2.31. The summed E-state index contributed by atoms with van der Waals surface area (Å²) in [5.74, 6) is 0.533. The number of rotatable bonds is 8. The van der Waals surface area contributed by atoms with Crippen LogP contribution in [0.3, 0.4) is 0 Å². The number of aliphatic hydroxyl groups excluding tert-OH is 6. The molecule has 14 N–H and O–H groups in total. The Bertz CT molecular complexity index is 904. The van der Waals surface area contributed by atoms with Gasteiger partial charge in [0.25, 0.3) is 0 Å². The van der Waals surface area contributed by atoms with Gasteiger partial charge in [0.15, 0.2) is 12.6 Å². The SMILES string of the molecule is NC[C@H]1O[C@H](O[C@H]2[C@H](O)[C@@H](O[C@H]3O[C@H](COc4ccccc4)[C@@H](O)[C@H](N)[C@H]3O)[C@H](N)C[C@@H]2N)[C@H](O)[C@@H](O)[C@@H]1O. The number of aliphatic hydroxyl groups is 6. The summed E-state index contributed by atoms with van der Waals surface area (Å²) >= 11 is 0. The summed E-state index contributed by atoms with van der Waals surface area (Å²) in [6.07, 6.45) is -16.2. The Morgan fingerprint density at radius 2 is 1.26 bits per heavy atom. The van der Waals surface area contributed by atoms with Crippen molar-refractivity contribution in [3.05, 3.63) is 30.3 Å². The molecule has 0 spiro atoms. The second-order valence-electron chi connectivity index (χ2n) is 10.2. The molecule has 2 saturated heterocycles. The van der Waals surface area contributed by atoms with Crippen molar-refractivity contribution >= 4 is 0 Å². The highest BCUT2D eigenvalue weighted by molar-refractivity contribution is 5.21. The number of hydrogen-bond acceptors (Lipinski definition) is 15. The summed E-state index contributed by atoms with van der Waals surface area (Å²) in [6, 6.07) is 6.00. The number of para-hydroxylation sites is 1. The Kier molecular flexibility index (Phi) is 10.1.